The number of ether oxygens (including phenoxy) is 2. The average Bonchev–Trinajstić information content (AvgIpc) is 2.57. The Hall–Kier alpha value is -3.20. The first-order valence-electron chi connectivity index (χ1n) is 7.43. The van der Waals surface area contributed by atoms with Gasteiger partial charge < -0.3 is 20.3 Å². The van der Waals surface area contributed by atoms with Gasteiger partial charge in [0.05, 0.1) is 11.5 Å². The van der Waals surface area contributed by atoms with Crippen LogP contribution in [0.1, 0.15) is 12.5 Å². The fourth-order valence-corrected chi connectivity index (χ4v) is 2.03. The van der Waals surface area contributed by atoms with Gasteiger partial charge in [0, 0.05) is 12.1 Å². The lowest BCUT2D eigenvalue weighted by atomic mass is 10.1. The van der Waals surface area contributed by atoms with Crippen LogP contribution in [0.5, 0.6) is 17.4 Å². The number of benzene rings is 1. The van der Waals surface area contributed by atoms with Crippen LogP contribution in [-0.4, -0.2) is 33.6 Å². The minimum Gasteiger partial charge on any atom is -0.490 e. The first-order chi connectivity index (χ1) is 11.9. The summed E-state index contributed by atoms with van der Waals surface area (Å²) in [5, 5.41) is 19.5. The van der Waals surface area contributed by atoms with E-state index in [4.69, 9.17) is 20.3 Å². The molecule has 2 aromatic rings. The van der Waals surface area contributed by atoms with Crippen molar-refractivity contribution in [2.24, 2.45) is 5.73 Å². The summed E-state index contributed by atoms with van der Waals surface area (Å²) in [4.78, 5) is 24.8. The third kappa shape index (κ3) is 4.88. The minimum atomic E-state index is -1.09. The first-order valence-corrected chi connectivity index (χ1v) is 7.43. The summed E-state index contributed by atoms with van der Waals surface area (Å²) < 4.78 is 11.1. The monoisotopic (exact) mass is 347 g/mol. The number of nitrogens with two attached hydrogens (primary N) is 1. The number of aromatic nitrogens is 1. The Morgan fingerprint density at radius 2 is 2.12 bits per heavy atom. The molecule has 1 heterocycles. The number of hydrogen-bond acceptors (Lipinski definition) is 7. The molecule has 0 saturated carbocycles. The third-order valence-electron chi connectivity index (χ3n) is 3.23. The molecule has 9 nitrogen and oxygen atoms in total. The zero-order valence-corrected chi connectivity index (χ0v) is 13.4. The number of aliphatic carboxylic acids is 1. The fraction of sp³-hybridized carbons (Fsp3) is 0.250. The summed E-state index contributed by atoms with van der Waals surface area (Å²) >= 11 is 0. The number of carbonyl (C=O) groups is 1. The number of nitro groups is 1. The van der Waals surface area contributed by atoms with E-state index in [9.17, 15) is 14.9 Å². The van der Waals surface area contributed by atoms with Crippen molar-refractivity contribution in [2.45, 2.75) is 19.4 Å². The van der Waals surface area contributed by atoms with E-state index in [2.05, 4.69) is 4.98 Å². The van der Waals surface area contributed by atoms with Crippen LogP contribution in [0.25, 0.3) is 0 Å². The number of rotatable bonds is 8. The second-order valence-electron chi connectivity index (χ2n) is 5.08. The zero-order chi connectivity index (χ0) is 18.4. The minimum absolute atomic E-state index is 0.143. The highest BCUT2D eigenvalue weighted by Crippen LogP contribution is 2.32. The molecule has 0 amide bonds. The summed E-state index contributed by atoms with van der Waals surface area (Å²) in [5.41, 5.74) is 6.08. The van der Waals surface area contributed by atoms with Crippen molar-refractivity contribution in [1.29, 1.82) is 0 Å². The van der Waals surface area contributed by atoms with Crippen molar-refractivity contribution in [3.8, 4) is 17.4 Å². The van der Waals surface area contributed by atoms with Gasteiger partial charge in [-0.1, -0.05) is 6.07 Å². The molecule has 9 heteroatoms. The van der Waals surface area contributed by atoms with Gasteiger partial charge in [-0.25, -0.2) is 4.98 Å². The SMILES string of the molecule is CCOc1cc(CC(N)C(=O)O)ccc1Oc1ccc([N+](=O)[O-])cn1. The molecule has 2 rings (SSSR count). The molecule has 0 fully saturated rings. The van der Waals surface area contributed by atoms with Gasteiger partial charge in [0.2, 0.25) is 5.88 Å². The largest absolute Gasteiger partial charge is 0.490 e. The van der Waals surface area contributed by atoms with Crippen LogP contribution in [0.3, 0.4) is 0 Å². The maximum atomic E-state index is 10.9. The molecule has 1 atom stereocenters. The van der Waals surface area contributed by atoms with E-state index in [1.54, 1.807) is 25.1 Å². The highest BCUT2D eigenvalue weighted by atomic mass is 16.6. The number of pyridine rings is 1. The van der Waals surface area contributed by atoms with Gasteiger partial charge >= 0.3 is 5.97 Å². The average molecular weight is 347 g/mol. The second kappa shape index (κ2) is 8.06. The number of hydrogen-bond donors (Lipinski definition) is 2. The van der Waals surface area contributed by atoms with Crippen LogP contribution in [0.15, 0.2) is 36.5 Å². The van der Waals surface area contributed by atoms with Crippen LogP contribution in [0.4, 0.5) is 5.69 Å². The van der Waals surface area contributed by atoms with Crippen LogP contribution < -0.4 is 15.2 Å². The second-order valence-corrected chi connectivity index (χ2v) is 5.08. The van der Waals surface area contributed by atoms with E-state index in [1.807, 2.05) is 0 Å². The van der Waals surface area contributed by atoms with Gasteiger partial charge in [0.15, 0.2) is 11.5 Å². The lowest BCUT2D eigenvalue weighted by molar-refractivity contribution is -0.385. The normalized spacial score (nSPS) is 11.6. The third-order valence-corrected chi connectivity index (χ3v) is 3.23. The van der Waals surface area contributed by atoms with E-state index >= 15 is 0 Å². The van der Waals surface area contributed by atoms with Crippen molar-refractivity contribution in [3.63, 3.8) is 0 Å². The Labute approximate surface area is 143 Å². The van der Waals surface area contributed by atoms with Gasteiger partial charge in [-0.3, -0.25) is 14.9 Å². The van der Waals surface area contributed by atoms with Gasteiger partial charge in [-0.05, 0) is 31.0 Å². The smallest absolute Gasteiger partial charge is 0.320 e. The number of carboxylic acid groups (broad SMARTS) is 1. The molecule has 0 radical (unpaired) electrons. The zero-order valence-electron chi connectivity index (χ0n) is 13.4. The summed E-state index contributed by atoms with van der Waals surface area (Å²) in [5.74, 6) is -0.163. The van der Waals surface area contributed by atoms with Gasteiger partial charge in [0.1, 0.15) is 12.2 Å². The van der Waals surface area contributed by atoms with E-state index in [1.165, 1.54) is 12.1 Å². The molecular weight excluding hydrogens is 330 g/mol. The van der Waals surface area contributed by atoms with Crippen LogP contribution in [-0.2, 0) is 11.2 Å². The molecule has 1 aromatic carbocycles. The topological polar surface area (TPSA) is 138 Å². The fourth-order valence-electron chi connectivity index (χ4n) is 2.03. The Kier molecular flexibility index (Phi) is 5.85. The summed E-state index contributed by atoms with van der Waals surface area (Å²) in [6, 6.07) is 6.57. The molecule has 1 aromatic heterocycles. The standard InChI is InChI=1S/C16H17N3O6/c1-2-24-14-8-10(7-12(17)16(20)21)3-5-13(14)25-15-6-4-11(9-18-15)19(22)23/h3-6,8-9,12H,2,7,17H2,1H3,(H,20,21). The summed E-state index contributed by atoms with van der Waals surface area (Å²) in [6.45, 7) is 2.17. The van der Waals surface area contributed by atoms with Gasteiger partial charge in [-0.2, -0.15) is 0 Å². The molecule has 0 aliphatic heterocycles. The Morgan fingerprint density at radius 1 is 1.36 bits per heavy atom. The Bertz CT molecular complexity index is 763. The molecule has 0 bridgehead atoms. The molecule has 0 saturated heterocycles. The molecular formula is C16H17N3O6. The first kappa shape index (κ1) is 18.1. The number of carboxylic acids is 1. The van der Waals surface area contributed by atoms with Crippen molar-refractivity contribution in [1.82, 2.24) is 4.98 Å². The van der Waals surface area contributed by atoms with Crippen molar-refractivity contribution < 1.29 is 24.3 Å². The quantitative estimate of drug-likeness (QED) is 0.547. The highest BCUT2D eigenvalue weighted by Gasteiger charge is 2.15. The predicted octanol–water partition coefficient (Wildman–Crippen LogP) is 2.14. The molecule has 1 unspecified atom stereocenters. The molecule has 132 valence electrons. The molecule has 0 aliphatic carbocycles. The highest BCUT2D eigenvalue weighted by molar-refractivity contribution is 5.73. The van der Waals surface area contributed by atoms with Crippen molar-refractivity contribution in [2.75, 3.05) is 6.61 Å². The maximum Gasteiger partial charge on any atom is 0.320 e. The summed E-state index contributed by atoms with van der Waals surface area (Å²) in [7, 11) is 0. The molecule has 25 heavy (non-hydrogen) atoms. The van der Waals surface area contributed by atoms with Gasteiger partial charge in [0.25, 0.3) is 5.69 Å². The van der Waals surface area contributed by atoms with Crippen molar-refractivity contribution in [3.05, 3.63) is 52.2 Å². The number of nitrogens with zero attached hydrogens (tertiary/aromatic N) is 2. The molecule has 0 spiro atoms. The van der Waals surface area contributed by atoms with E-state index in [0.29, 0.717) is 23.7 Å². The van der Waals surface area contributed by atoms with Gasteiger partial charge in [-0.15, -0.1) is 0 Å². The van der Waals surface area contributed by atoms with Crippen LogP contribution in [0, 0.1) is 10.1 Å². The van der Waals surface area contributed by atoms with E-state index in [-0.39, 0.29) is 18.0 Å². The van der Waals surface area contributed by atoms with E-state index in [0.717, 1.165) is 6.20 Å². The van der Waals surface area contributed by atoms with E-state index < -0.39 is 16.9 Å². The maximum absolute atomic E-state index is 10.9. The Balaban J connectivity index is 2.21. The summed E-state index contributed by atoms with van der Waals surface area (Å²) in [6.07, 6.45) is 1.24. The van der Waals surface area contributed by atoms with Crippen LogP contribution in [0.2, 0.25) is 0 Å². The molecule has 0 aliphatic rings. The lowest BCUT2D eigenvalue weighted by Gasteiger charge is -2.13. The Morgan fingerprint density at radius 3 is 2.68 bits per heavy atom. The predicted molar refractivity (Wildman–Crippen MR) is 87.9 cm³/mol. The lowest BCUT2D eigenvalue weighted by Crippen LogP contribution is -2.32. The van der Waals surface area contributed by atoms with Crippen LogP contribution >= 0.6 is 0 Å². The van der Waals surface area contributed by atoms with Crippen molar-refractivity contribution >= 4 is 11.7 Å². The molecule has 3 N–H and O–H groups in total.